The van der Waals surface area contributed by atoms with Crippen LogP contribution in [0.25, 0.3) is 0 Å². The van der Waals surface area contributed by atoms with E-state index in [9.17, 15) is 14.0 Å². The predicted octanol–water partition coefficient (Wildman–Crippen LogP) is 3.30. The van der Waals surface area contributed by atoms with Gasteiger partial charge in [0, 0.05) is 10.6 Å². The van der Waals surface area contributed by atoms with E-state index < -0.39 is 24.3 Å². The summed E-state index contributed by atoms with van der Waals surface area (Å²) in [5.41, 5.74) is 0.818. The Labute approximate surface area is 125 Å². The van der Waals surface area contributed by atoms with Crippen LogP contribution in [0.15, 0.2) is 30.3 Å². The van der Waals surface area contributed by atoms with Crippen molar-refractivity contribution in [2.24, 2.45) is 0 Å². The summed E-state index contributed by atoms with van der Waals surface area (Å²) in [6.07, 6.45) is 0. The SMILES string of the molecule is Cc1ccc(C(=O)OCC(=O)Nc2ccc(C)c(F)c2)s1. The van der Waals surface area contributed by atoms with Crippen LogP contribution in [0.3, 0.4) is 0 Å². The highest BCUT2D eigenvalue weighted by Gasteiger charge is 2.12. The third-order valence-electron chi connectivity index (χ3n) is 2.73. The van der Waals surface area contributed by atoms with Gasteiger partial charge in [0.2, 0.25) is 0 Å². The highest BCUT2D eigenvalue weighted by Crippen LogP contribution is 2.16. The second-order valence-electron chi connectivity index (χ2n) is 4.50. The molecule has 0 radical (unpaired) electrons. The molecule has 1 aromatic carbocycles. The van der Waals surface area contributed by atoms with Gasteiger partial charge in [-0.3, -0.25) is 4.79 Å². The van der Waals surface area contributed by atoms with Gasteiger partial charge >= 0.3 is 5.97 Å². The van der Waals surface area contributed by atoms with Crippen molar-refractivity contribution >= 4 is 28.9 Å². The van der Waals surface area contributed by atoms with Crippen molar-refractivity contribution < 1.29 is 18.7 Å². The van der Waals surface area contributed by atoms with Gasteiger partial charge in [0.05, 0.1) is 0 Å². The molecule has 21 heavy (non-hydrogen) atoms. The number of anilines is 1. The summed E-state index contributed by atoms with van der Waals surface area (Å²) in [4.78, 5) is 24.7. The molecule has 110 valence electrons. The summed E-state index contributed by atoms with van der Waals surface area (Å²) >= 11 is 1.30. The van der Waals surface area contributed by atoms with Crippen LogP contribution in [0.4, 0.5) is 10.1 Å². The molecular weight excluding hydrogens is 293 g/mol. The number of benzene rings is 1. The lowest BCUT2D eigenvalue weighted by Crippen LogP contribution is -2.20. The fourth-order valence-corrected chi connectivity index (χ4v) is 2.38. The molecule has 1 N–H and O–H groups in total. The number of halogens is 1. The number of carbonyl (C=O) groups is 2. The fraction of sp³-hybridized carbons (Fsp3) is 0.200. The van der Waals surface area contributed by atoms with E-state index in [1.54, 1.807) is 31.2 Å². The number of esters is 1. The topological polar surface area (TPSA) is 55.4 Å². The molecule has 1 aromatic heterocycles. The number of thiophene rings is 1. The zero-order chi connectivity index (χ0) is 15.4. The van der Waals surface area contributed by atoms with E-state index in [1.165, 1.54) is 17.4 Å². The van der Waals surface area contributed by atoms with Crippen LogP contribution in [0.1, 0.15) is 20.1 Å². The minimum absolute atomic E-state index is 0.325. The molecule has 0 spiro atoms. The summed E-state index contributed by atoms with van der Waals surface area (Å²) < 4.78 is 18.2. The number of hydrogen-bond donors (Lipinski definition) is 1. The zero-order valence-corrected chi connectivity index (χ0v) is 12.4. The highest BCUT2D eigenvalue weighted by atomic mass is 32.1. The molecule has 2 rings (SSSR count). The molecule has 0 unspecified atom stereocenters. The van der Waals surface area contributed by atoms with E-state index in [2.05, 4.69) is 5.32 Å². The van der Waals surface area contributed by atoms with Crippen LogP contribution in [0.5, 0.6) is 0 Å². The number of rotatable bonds is 4. The first kappa shape index (κ1) is 15.2. The van der Waals surface area contributed by atoms with Crippen molar-refractivity contribution in [3.8, 4) is 0 Å². The Hall–Kier alpha value is -2.21. The molecule has 0 aliphatic carbocycles. The first-order chi connectivity index (χ1) is 9.95. The van der Waals surface area contributed by atoms with Gasteiger partial charge in [-0.15, -0.1) is 11.3 Å². The number of ether oxygens (including phenoxy) is 1. The van der Waals surface area contributed by atoms with Gasteiger partial charge < -0.3 is 10.1 Å². The Balaban J connectivity index is 1.87. The molecule has 0 aliphatic rings. The Bertz CT molecular complexity index is 681. The zero-order valence-electron chi connectivity index (χ0n) is 11.6. The Kier molecular flexibility index (Phi) is 4.70. The van der Waals surface area contributed by atoms with Crippen LogP contribution in [0, 0.1) is 19.7 Å². The Morgan fingerprint density at radius 2 is 2.00 bits per heavy atom. The standard InChI is InChI=1S/C15H14FNO3S/c1-9-3-5-11(7-12(9)16)17-14(18)8-20-15(19)13-6-4-10(2)21-13/h3-7H,8H2,1-2H3,(H,17,18). The minimum Gasteiger partial charge on any atom is -0.451 e. The first-order valence-electron chi connectivity index (χ1n) is 6.25. The average molecular weight is 307 g/mol. The van der Waals surface area contributed by atoms with Gasteiger partial charge in [-0.1, -0.05) is 6.07 Å². The van der Waals surface area contributed by atoms with Gasteiger partial charge in [-0.2, -0.15) is 0 Å². The highest BCUT2D eigenvalue weighted by molar-refractivity contribution is 7.13. The molecular formula is C15H14FNO3S. The molecule has 0 bridgehead atoms. The summed E-state index contributed by atoms with van der Waals surface area (Å²) in [5.74, 6) is -1.46. The lowest BCUT2D eigenvalue weighted by Gasteiger charge is -2.06. The second kappa shape index (κ2) is 6.49. The number of carbonyl (C=O) groups excluding carboxylic acids is 2. The number of aryl methyl sites for hydroxylation is 2. The summed E-state index contributed by atoms with van der Waals surface area (Å²) in [7, 11) is 0. The van der Waals surface area contributed by atoms with E-state index in [4.69, 9.17) is 4.74 Å². The number of hydrogen-bond acceptors (Lipinski definition) is 4. The lowest BCUT2D eigenvalue weighted by molar-refractivity contribution is -0.119. The van der Waals surface area contributed by atoms with Crippen molar-refractivity contribution in [3.05, 3.63) is 51.5 Å². The molecule has 0 aliphatic heterocycles. The predicted molar refractivity (Wildman–Crippen MR) is 79.1 cm³/mol. The van der Waals surface area contributed by atoms with Crippen molar-refractivity contribution in [2.45, 2.75) is 13.8 Å². The maximum Gasteiger partial charge on any atom is 0.348 e. The van der Waals surface area contributed by atoms with Gasteiger partial charge in [0.25, 0.3) is 5.91 Å². The van der Waals surface area contributed by atoms with Crippen LogP contribution in [-0.2, 0) is 9.53 Å². The molecule has 0 fully saturated rings. The monoisotopic (exact) mass is 307 g/mol. The third-order valence-corrected chi connectivity index (χ3v) is 3.71. The Morgan fingerprint density at radius 1 is 1.24 bits per heavy atom. The smallest absolute Gasteiger partial charge is 0.348 e. The summed E-state index contributed by atoms with van der Waals surface area (Å²) in [6.45, 7) is 3.09. The molecule has 0 saturated carbocycles. The van der Waals surface area contributed by atoms with Gasteiger partial charge in [0.15, 0.2) is 6.61 Å². The number of amides is 1. The third kappa shape index (κ3) is 4.13. The molecule has 6 heteroatoms. The molecule has 4 nitrogen and oxygen atoms in total. The summed E-state index contributed by atoms with van der Waals surface area (Å²) in [6, 6.07) is 7.82. The first-order valence-corrected chi connectivity index (χ1v) is 7.07. The maximum absolute atomic E-state index is 13.3. The van der Waals surface area contributed by atoms with Crippen molar-refractivity contribution in [3.63, 3.8) is 0 Å². The van der Waals surface area contributed by atoms with Crippen molar-refractivity contribution in [1.82, 2.24) is 0 Å². The molecule has 0 saturated heterocycles. The van der Waals surface area contributed by atoms with Crippen LogP contribution in [0.2, 0.25) is 0 Å². The van der Waals surface area contributed by atoms with Crippen molar-refractivity contribution in [2.75, 3.05) is 11.9 Å². The number of nitrogens with one attached hydrogen (secondary N) is 1. The van der Waals surface area contributed by atoms with Gasteiger partial charge in [-0.05, 0) is 43.7 Å². The van der Waals surface area contributed by atoms with Gasteiger partial charge in [0.1, 0.15) is 10.7 Å². The summed E-state index contributed by atoms with van der Waals surface area (Å²) in [5, 5.41) is 2.47. The quantitative estimate of drug-likeness (QED) is 0.882. The molecule has 1 amide bonds. The Morgan fingerprint density at radius 3 is 2.62 bits per heavy atom. The molecule has 2 aromatic rings. The van der Waals surface area contributed by atoms with Crippen LogP contribution in [-0.4, -0.2) is 18.5 Å². The lowest BCUT2D eigenvalue weighted by atomic mass is 10.2. The normalized spacial score (nSPS) is 10.2. The van der Waals surface area contributed by atoms with E-state index in [-0.39, 0.29) is 0 Å². The van der Waals surface area contributed by atoms with Crippen LogP contribution < -0.4 is 5.32 Å². The minimum atomic E-state index is -0.543. The van der Waals surface area contributed by atoms with Crippen molar-refractivity contribution in [1.29, 1.82) is 0 Å². The van der Waals surface area contributed by atoms with Crippen LogP contribution >= 0.6 is 11.3 Å². The average Bonchev–Trinajstić information content (AvgIpc) is 2.87. The molecule has 1 heterocycles. The van der Waals surface area contributed by atoms with E-state index >= 15 is 0 Å². The van der Waals surface area contributed by atoms with E-state index in [0.717, 1.165) is 4.88 Å². The largest absolute Gasteiger partial charge is 0.451 e. The maximum atomic E-state index is 13.3. The van der Waals surface area contributed by atoms with Gasteiger partial charge in [-0.25, -0.2) is 9.18 Å². The second-order valence-corrected chi connectivity index (χ2v) is 5.79. The van der Waals surface area contributed by atoms with E-state index in [0.29, 0.717) is 16.1 Å². The van der Waals surface area contributed by atoms with E-state index in [1.807, 2.05) is 6.92 Å². The fourth-order valence-electron chi connectivity index (χ4n) is 1.61. The molecule has 0 atom stereocenters.